The molecule has 0 amide bonds. The molecular weight excluding hydrogens is 154 g/mol. The predicted molar refractivity (Wildman–Crippen MR) is 39.7 cm³/mol. The molecule has 0 radical (unpaired) electrons. The Bertz CT molecular complexity index is 104. The van der Waals surface area contributed by atoms with Crippen molar-refractivity contribution in [3.8, 4) is 0 Å². The number of esters is 1. The first kappa shape index (κ1) is 9.72. The average molecular weight is 166 g/mol. The van der Waals surface area contributed by atoms with Gasteiger partial charge in [0.1, 0.15) is 0 Å². The van der Waals surface area contributed by atoms with E-state index in [9.17, 15) is 4.79 Å². The molecule has 0 aliphatic rings. The van der Waals surface area contributed by atoms with Gasteiger partial charge in [-0.15, -0.1) is 0 Å². The summed E-state index contributed by atoms with van der Waals surface area (Å²) in [6.07, 6.45) is 1.15. The number of carbonyl (C=O) groups excluding carboxylic acids is 1. The van der Waals surface area contributed by atoms with Gasteiger partial charge >= 0.3 is 5.97 Å². The van der Waals surface area contributed by atoms with Crippen molar-refractivity contribution >= 4 is 17.7 Å². The summed E-state index contributed by atoms with van der Waals surface area (Å²) in [5.41, 5.74) is 0. The molecule has 0 saturated heterocycles. The van der Waals surface area contributed by atoms with E-state index < -0.39 is 0 Å². The predicted octanol–water partition coefficient (Wildman–Crippen LogP) is 1.07. The van der Waals surface area contributed by atoms with Gasteiger partial charge in [-0.3, -0.25) is 4.79 Å². The van der Waals surface area contributed by atoms with Crippen molar-refractivity contribution in [2.24, 2.45) is 0 Å². The van der Waals surface area contributed by atoms with Crippen molar-refractivity contribution in [1.82, 2.24) is 4.84 Å². The summed E-state index contributed by atoms with van der Waals surface area (Å²) in [6, 6.07) is 0.0223. The second kappa shape index (κ2) is 5.50. The zero-order valence-electron chi connectivity index (χ0n) is 6.19. The first-order valence-corrected chi connectivity index (χ1v) is 3.55. The van der Waals surface area contributed by atoms with Crippen molar-refractivity contribution in [3.05, 3.63) is 0 Å². The van der Waals surface area contributed by atoms with Crippen LogP contribution in [0.4, 0.5) is 0 Å². The Morgan fingerprint density at radius 2 is 2.40 bits per heavy atom. The van der Waals surface area contributed by atoms with Gasteiger partial charge in [0.25, 0.3) is 0 Å². The van der Waals surface area contributed by atoms with Gasteiger partial charge in [-0.2, -0.15) is 0 Å². The van der Waals surface area contributed by atoms with Crippen LogP contribution in [0.2, 0.25) is 0 Å². The fourth-order valence-electron chi connectivity index (χ4n) is 0.545. The quantitative estimate of drug-likeness (QED) is 0.500. The Labute approximate surface area is 65.8 Å². The van der Waals surface area contributed by atoms with Crippen LogP contribution in [0.3, 0.4) is 0 Å². The molecule has 0 aliphatic heterocycles. The topological polar surface area (TPSA) is 38.3 Å². The lowest BCUT2D eigenvalue weighted by Crippen LogP contribution is -2.23. The Kier molecular flexibility index (Phi) is 5.35. The number of hydrogen-bond acceptors (Lipinski definition) is 3. The van der Waals surface area contributed by atoms with Crippen LogP contribution in [-0.4, -0.2) is 19.1 Å². The minimum Gasteiger partial charge on any atom is -0.469 e. The molecule has 0 heterocycles. The fraction of sp³-hybridized carbons (Fsp3) is 0.833. The highest BCUT2D eigenvalue weighted by atomic mass is 35.5. The standard InChI is InChI=1S/C6H12ClNO2/c1-3-5(8-7)4-6(9)10-2/h5,8H,3-4H2,1-2H3. The lowest BCUT2D eigenvalue weighted by atomic mass is 10.2. The molecule has 1 N–H and O–H groups in total. The lowest BCUT2D eigenvalue weighted by molar-refractivity contribution is -0.141. The van der Waals surface area contributed by atoms with Crippen molar-refractivity contribution in [2.75, 3.05) is 7.11 Å². The van der Waals surface area contributed by atoms with Gasteiger partial charge in [0.15, 0.2) is 0 Å². The third-order valence-electron chi connectivity index (χ3n) is 1.29. The largest absolute Gasteiger partial charge is 0.469 e. The van der Waals surface area contributed by atoms with E-state index in [1.54, 1.807) is 0 Å². The normalized spacial score (nSPS) is 12.7. The minimum absolute atomic E-state index is 0.0223. The number of methoxy groups -OCH3 is 1. The van der Waals surface area contributed by atoms with E-state index in [0.717, 1.165) is 6.42 Å². The van der Waals surface area contributed by atoms with Crippen LogP contribution < -0.4 is 4.84 Å². The minimum atomic E-state index is -0.236. The molecule has 0 aromatic rings. The summed E-state index contributed by atoms with van der Waals surface area (Å²) < 4.78 is 4.45. The van der Waals surface area contributed by atoms with Gasteiger partial charge < -0.3 is 4.74 Å². The van der Waals surface area contributed by atoms with Gasteiger partial charge in [0, 0.05) is 6.04 Å². The Morgan fingerprint density at radius 3 is 2.70 bits per heavy atom. The second-order valence-corrected chi connectivity index (χ2v) is 2.21. The summed E-state index contributed by atoms with van der Waals surface area (Å²) in [5, 5.41) is 0. The molecule has 0 aromatic carbocycles. The molecule has 0 spiro atoms. The highest BCUT2D eigenvalue weighted by Crippen LogP contribution is 1.99. The van der Waals surface area contributed by atoms with Crippen molar-refractivity contribution < 1.29 is 9.53 Å². The molecule has 1 atom stereocenters. The Balaban J connectivity index is 3.52. The zero-order valence-corrected chi connectivity index (χ0v) is 6.94. The van der Waals surface area contributed by atoms with E-state index in [4.69, 9.17) is 11.8 Å². The van der Waals surface area contributed by atoms with E-state index in [2.05, 4.69) is 9.57 Å². The van der Waals surface area contributed by atoms with Gasteiger partial charge in [-0.25, -0.2) is 4.84 Å². The zero-order chi connectivity index (χ0) is 7.98. The molecule has 10 heavy (non-hydrogen) atoms. The van der Waals surface area contributed by atoms with Gasteiger partial charge in [-0.1, -0.05) is 6.92 Å². The van der Waals surface area contributed by atoms with Gasteiger partial charge in [0.05, 0.1) is 13.5 Å². The molecular formula is C6H12ClNO2. The van der Waals surface area contributed by atoms with Crippen molar-refractivity contribution in [1.29, 1.82) is 0 Å². The van der Waals surface area contributed by atoms with Crippen LogP contribution in [0.25, 0.3) is 0 Å². The third-order valence-corrected chi connectivity index (χ3v) is 1.60. The number of ether oxygens (including phenoxy) is 1. The molecule has 0 fully saturated rings. The molecule has 0 bridgehead atoms. The number of hydrogen-bond donors (Lipinski definition) is 1. The van der Waals surface area contributed by atoms with E-state index in [-0.39, 0.29) is 12.0 Å². The summed E-state index contributed by atoms with van der Waals surface area (Å²) in [4.78, 5) is 13.1. The summed E-state index contributed by atoms with van der Waals surface area (Å²) >= 11 is 5.31. The average Bonchev–Trinajstić information content (AvgIpc) is 1.99. The maximum absolute atomic E-state index is 10.6. The van der Waals surface area contributed by atoms with Gasteiger partial charge in [0.2, 0.25) is 0 Å². The van der Waals surface area contributed by atoms with Crippen molar-refractivity contribution in [2.45, 2.75) is 25.8 Å². The maximum Gasteiger partial charge on any atom is 0.307 e. The molecule has 0 aliphatic carbocycles. The van der Waals surface area contributed by atoms with Crippen LogP contribution in [0, 0.1) is 0 Å². The summed E-state index contributed by atoms with van der Waals surface area (Å²) in [6.45, 7) is 1.95. The van der Waals surface area contributed by atoms with Gasteiger partial charge in [-0.05, 0) is 18.2 Å². The highest BCUT2D eigenvalue weighted by molar-refractivity contribution is 6.13. The second-order valence-electron chi connectivity index (χ2n) is 1.99. The number of carbonyl (C=O) groups is 1. The number of rotatable bonds is 4. The van der Waals surface area contributed by atoms with Crippen LogP contribution in [-0.2, 0) is 9.53 Å². The summed E-state index contributed by atoms with van der Waals surface area (Å²) in [5.74, 6) is -0.236. The monoisotopic (exact) mass is 165 g/mol. The van der Waals surface area contributed by atoms with E-state index >= 15 is 0 Å². The maximum atomic E-state index is 10.6. The third kappa shape index (κ3) is 3.69. The first-order chi connectivity index (χ1) is 4.74. The SMILES string of the molecule is CCC(CC(=O)OC)NCl. The van der Waals surface area contributed by atoms with E-state index in [0.29, 0.717) is 6.42 Å². The smallest absolute Gasteiger partial charge is 0.307 e. The van der Waals surface area contributed by atoms with E-state index in [1.165, 1.54) is 7.11 Å². The molecule has 60 valence electrons. The number of halogens is 1. The van der Waals surface area contributed by atoms with E-state index in [1.807, 2.05) is 6.92 Å². The molecule has 4 heteroatoms. The van der Waals surface area contributed by atoms with Crippen LogP contribution in [0.1, 0.15) is 19.8 Å². The molecule has 3 nitrogen and oxygen atoms in total. The molecule has 1 unspecified atom stereocenters. The fourth-order valence-corrected chi connectivity index (χ4v) is 0.776. The van der Waals surface area contributed by atoms with Crippen LogP contribution in [0.5, 0.6) is 0 Å². The highest BCUT2D eigenvalue weighted by Gasteiger charge is 2.09. The molecule has 0 saturated carbocycles. The first-order valence-electron chi connectivity index (χ1n) is 3.17. The summed E-state index contributed by atoms with van der Waals surface area (Å²) in [7, 11) is 1.36. The Morgan fingerprint density at radius 1 is 1.80 bits per heavy atom. The van der Waals surface area contributed by atoms with Crippen LogP contribution >= 0.6 is 11.8 Å². The van der Waals surface area contributed by atoms with Crippen LogP contribution in [0.15, 0.2) is 0 Å². The molecule has 0 aromatic heterocycles. The lowest BCUT2D eigenvalue weighted by Gasteiger charge is -2.08. The van der Waals surface area contributed by atoms with Crippen molar-refractivity contribution in [3.63, 3.8) is 0 Å². The molecule has 0 rings (SSSR count). The Hall–Kier alpha value is -0.280. The number of nitrogens with one attached hydrogen (secondary N) is 1.